The van der Waals surface area contributed by atoms with E-state index in [0.717, 1.165) is 35.4 Å². The van der Waals surface area contributed by atoms with Gasteiger partial charge in [-0.3, -0.25) is 9.69 Å². The molecule has 1 fully saturated rings. The topological polar surface area (TPSA) is 57.3 Å². The van der Waals surface area contributed by atoms with Crippen molar-refractivity contribution in [3.8, 4) is 0 Å². The zero-order chi connectivity index (χ0) is 14.8. The lowest BCUT2D eigenvalue weighted by Crippen LogP contribution is -2.53. The van der Waals surface area contributed by atoms with Gasteiger partial charge in [-0.2, -0.15) is 0 Å². The molecule has 0 saturated carbocycles. The van der Waals surface area contributed by atoms with Crippen molar-refractivity contribution < 1.29 is 4.79 Å². The number of nitrogens with zero attached hydrogens (tertiary/aromatic N) is 2. The molecule has 110 valence electrons. The average Bonchev–Trinajstić information content (AvgIpc) is 2.51. The number of hydrogen-bond donors (Lipinski definition) is 2. The highest BCUT2D eigenvalue weighted by Crippen LogP contribution is 2.22. The minimum atomic E-state index is -0.102. The number of pyridine rings is 1. The van der Waals surface area contributed by atoms with E-state index in [4.69, 9.17) is 0 Å². The van der Waals surface area contributed by atoms with Crippen molar-refractivity contribution in [2.45, 2.75) is 19.5 Å². The highest BCUT2D eigenvalue weighted by molar-refractivity contribution is 5.83. The van der Waals surface area contributed by atoms with E-state index in [-0.39, 0.29) is 11.9 Å². The van der Waals surface area contributed by atoms with Gasteiger partial charge < -0.3 is 10.6 Å². The summed E-state index contributed by atoms with van der Waals surface area (Å²) >= 11 is 0. The predicted octanol–water partition coefficient (Wildman–Crippen LogP) is 1.60. The van der Waals surface area contributed by atoms with E-state index >= 15 is 0 Å². The van der Waals surface area contributed by atoms with Crippen molar-refractivity contribution in [2.75, 3.05) is 25.5 Å². The van der Waals surface area contributed by atoms with Gasteiger partial charge in [0.25, 0.3) is 0 Å². The maximum absolute atomic E-state index is 11.8. The number of para-hydroxylation sites is 1. The third kappa shape index (κ3) is 2.69. The highest BCUT2D eigenvalue weighted by Gasteiger charge is 2.26. The SMILES string of the molecule is CNc1nc2ccccc2cc1CN1CCNC(=O)C1C. The number of nitrogens with one attached hydrogen (secondary N) is 2. The van der Waals surface area contributed by atoms with Gasteiger partial charge in [-0.1, -0.05) is 18.2 Å². The molecule has 0 bridgehead atoms. The van der Waals surface area contributed by atoms with Gasteiger partial charge in [-0.05, 0) is 19.1 Å². The first-order valence-electron chi connectivity index (χ1n) is 7.27. The van der Waals surface area contributed by atoms with Crippen LogP contribution in [0.1, 0.15) is 12.5 Å². The standard InChI is InChI=1S/C16H20N4O/c1-11-16(21)18-7-8-20(11)10-13-9-12-5-3-4-6-14(12)19-15(13)17-2/h3-6,9,11H,7-8,10H2,1-2H3,(H,17,19)(H,18,21). The Morgan fingerprint density at radius 1 is 1.43 bits per heavy atom. The number of rotatable bonds is 3. The van der Waals surface area contributed by atoms with Gasteiger partial charge >= 0.3 is 0 Å². The molecule has 2 heterocycles. The lowest BCUT2D eigenvalue weighted by Gasteiger charge is -2.33. The molecule has 1 amide bonds. The van der Waals surface area contributed by atoms with Crippen molar-refractivity contribution in [2.24, 2.45) is 0 Å². The Bertz CT molecular complexity index is 670. The third-order valence-corrected chi connectivity index (χ3v) is 4.04. The maximum Gasteiger partial charge on any atom is 0.237 e. The normalized spacial score (nSPS) is 19.5. The summed E-state index contributed by atoms with van der Waals surface area (Å²) < 4.78 is 0. The lowest BCUT2D eigenvalue weighted by atomic mass is 10.1. The largest absolute Gasteiger partial charge is 0.373 e. The van der Waals surface area contributed by atoms with Crippen LogP contribution in [0.4, 0.5) is 5.82 Å². The molecule has 2 N–H and O–H groups in total. The summed E-state index contributed by atoms with van der Waals surface area (Å²) in [4.78, 5) is 18.6. The van der Waals surface area contributed by atoms with E-state index in [1.54, 1.807) is 0 Å². The molecule has 2 aromatic rings. The number of fused-ring (bicyclic) bond motifs is 1. The van der Waals surface area contributed by atoms with Crippen LogP contribution in [-0.4, -0.2) is 42.0 Å². The molecule has 1 unspecified atom stereocenters. The number of piperazine rings is 1. The lowest BCUT2D eigenvalue weighted by molar-refractivity contribution is -0.128. The first-order chi connectivity index (χ1) is 10.2. The van der Waals surface area contributed by atoms with Crippen LogP contribution in [0.3, 0.4) is 0 Å². The number of amides is 1. The van der Waals surface area contributed by atoms with Gasteiger partial charge in [-0.25, -0.2) is 4.98 Å². The summed E-state index contributed by atoms with van der Waals surface area (Å²) in [5.74, 6) is 0.980. The van der Waals surface area contributed by atoms with E-state index in [1.165, 1.54) is 0 Å². The van der Waals surface area contributed by atoms with E-state index in [1.807, 2.05) is 32.2 Å². The Hall–Kier alpha value is -2.14. The van der Waals surface area contributed by atoms with Gasteiger partial charge in [-0.15, -0.1) is 0 Å². The summed E-state index contributed by atoms with van der Waals surface area (Å²) in [5.41, 5.74) is 2.10. The highest BCUT2D eigenvalue weighted by atomic mass is 16.2. The summed E-state index contributed by atoms with van der Waals surface area (Å²) in [6, 6.07) is 10.1. The number of benzene rings is 1. The third-order valence-electron chi connectivity index (χ3n) is 4.04. The minimum Gasteiger partial charge on any atom is -0.373 e. The van der Waals surface area contributed by atoms with E-state index in [2.05, 4.69) is 32.7 Å². The van der Waals surface area contributed by atoms with Crippen molar-refractivity contribution in [1.82, 2.24) is 15.2 Å². The molecular weight excluding hydrogens is 264 g/mol. The smallest absolute Gasteiger partial charge is 0.237 e. The van der Waals surface area contributed by atoms with Crippen LogP contribution in [0.5, 0.6) is 0 Å². The van der Waals surface area contributed by atoms with Crippen LogP contribution in [0, 0.1) is 0 Å². The fourth-order valence-corrected chi connectivity index (χ4v) is 2.76. The van der Waals surface area contributed by atoms with Crippen LogP contribution < -0.4 is 10.6 Å². The molecule has 5 heteroatoms. The number of aromatic nitrogens is 1. The second-order valence-electron chi connectivity index (χ2n) is 5.38. The number of carbonyl (C=O) groups is 1. The first kappa shape index (κ1) is 13.8. The number of carbonyl (C=O) groups excluding carboxylic acids is 1. The van der Waals surface area contributed by atoms with Gasteiger partial charge in [0, 0.05) is 37.6 Å². The van der Waals surface area contributed by atoms with Gasteiger partial charge in [0.15, 0.2) is 0 Å². The minimum absolute atomic E-state index is 0.0982. The van der Waals surface area contributed by atoms with Crippen molar-refractivity contribution in [3.05, 3.63) is 35.9 Å². The molecule has 21 heavy (non-hydrogen) atoms. The maximum atomic E-state index is 11.8. The summed E-state index contributed by atoms with van der Waals surface area (Å²) in [7, 11) is 1.88. The molecule has 0 spiro atoms. The van der Waals surface area contributed by atoms with Crippen LogP contribution in [0.15, 0.2) is 30.3 Å². The first-order valence-corrected chi connectivity index (χ1v) is 7.27. The molecule has 1 aliphatic rings. The zero-order valence-electron chi connectivity index (χ0n) is 12.4. The second-order valence-corrected chi connectivity index (χ2v) is 5.38. The van der Waals surface area contributed by atoms with Crippen molar-refractivity contribution >= 4 is 22.6 Å². The Labute approximate surface area is 124 Å². The monoisotopic (exact) mass is 284 g/mol. The second kappa shape index (κ2) is 5.69. The Morgan fingerprint density at radius 3 is 3.05 bits per heavy atom. The zero-order valence-corrected chi connectivity index (χ0v) is 12.4. The Morgan fingerprint density at radius 2 is 2.24 bits per heavy atom. The molecular formula is C16H20N4O. The quantitative estimate of drug-likeness (QED) is 0.899. The Kier molecular flexibility index (Phi) is 3.75. The summed E-state index contributed by atoms with van der Waals surface area (Å²) in [6.45, 7) is 4.24. The summed E-state index contributed by atoms with van der Waals surface area (Å²) in [5, 5.41) is 7.18. The molecule has 0 radical (unpaired) electrons. The van der Waals surface area contributed by atoms with Crippen molar-refractivity contribution in [1.29, 1.82) is 0 Å². The molecule has 3 rings (SSSR count). The van der Waals surface area contributed by atoms with Crippen LogP contribution in [0.2, 0.25) is 0 Å². The number of hydrogen-bond acceptors (Lipinski definition) is 4. The van der Waals surface area contributed by atoms with Gasteiger partial charge in [0.05, 0.1) is 11.6 Å². The molecule has 1 aliphatic heterocycles. The Balaban J connectivity index is 1.93. The average molecular weight is 284 g/mol. The fraction of sp³-hybridized carbons (Fsp3) is 0.375. The van der Waals surface area contributed by atoms with E-state index < -0.39 is 0 Å². The summed E-state index contributed by atoms with van der Waals surface area (Å²) in [6.07, 6.45) is 0. The predicted molar refractivity (Wildman–Crippen MR) is 84.2 cm³/mol. The van der Waals surface area contributed by atoms with E-state index in [0.29, 0.717) is 6.54 Å². The van der Waals surface area contributed by atoms with Gasteiger partial charge in [0.1, 0.15) is 5.82 Å². The van der Waals surface area contributed by atoms with E-state index in [9.17, 15) is 4.79 Å². The fourth-order valence-electron chi connectivity index (χ4n) is 2.76. The molecule has 1 aromatic heterocycles. The molecule has 1 aromatic carbocycles. The van der Waals surface area contributed by atoms with Crippen molar-refractivity contribution in [3.63, 3.8) is 0 Å². The number of anilines is 1. The molecule has 1 saturated heterocycles. The van der Waals surface area contributed by atoms with Crippen LogP contribution in [0.25, 0.3) is 10.9 Å². The van der Waals surface area contributed by atoms with Crippen LogP contribution >= 0.6 is 0 Å². The molecule has 5 nitrogen and oxygen atoms in total. The van der Waals surface area contributed by atoms with Crippen LogP contribution in [-0.2, 0) is 11.3 Å². The molecule has 0 aliphatic carbocycles. The molecule has 1 atom stereocenters. The van der Waals surface area contributed by atoms with Gasteiger partial charge in [0.2, 0.25) is 5.91 Å².